The summed E-state index contributed by atoms with van der Waals surface area (Å²) in [6, 6.07) is 24.4. The largest absolute Gasteiger partial charge is 0.493 e. The molecule has 1 unspecified atom stereocenters. The Balaban J connectivity index is 1.58. The van der Waals surface area contributed by atoms with Crippen LogP contribution in [0.1, 0.15) is 16.7 Å². The summed E-state index contributed by atoms with van der Waals surface area (Å²) in [5.41, 5.74) is 2.74. The molecule has 8 heteroatoms. The number of hydrogen-bond donors (Lipinski definition) is 1. The molecule has 1 N–H and O–H groups in total. The maximum atomic E-state index is 14.0. The Bertz CT molecular complexity index is 1220. The van der Waals surface area contributed by atoms with Gasteiger partial charge in [0.25, 0.3) is 0 Å². The molecule has 1 atom stereocenters. The van der Waals surface area contributed by atoms with Crippen molar-refractivity contribution in [3.8, 4) is 11.5 Å². The lowest BCUT2D eigenvalue weighted by molar-refractivity contribution is -0.140. The molecule has 3 aromatic carbocycles. The van der Waals surface area contributed by atoms with Crippen molar-refractivity contribution < 1.29 is 23.8 Å². The van der Waals surface area contributed by atoms with Gasteiger partial charge in [0.2, 0.25) is 11.8 Å². The van der Waals surface area contributed by atoms with Crippen molar-refractivity contribution in [2.45, 2.75) is 25.4 Å². The maximum absolute atomic E-state index is 14.0. The van der Waals surface area contributed by atoms with E-state index in [1.165, 1.54) is 0 Å². The van der Waals surface area contributed by atoms with Crippen LogP contribution in [0, 0.1) is 0 Å². The third-order valence-corrected chi connectivity index (χ3v) is 7.10. The van der Waals surface area contributed by atoms with Gasteiger partial charge in [-0.2, -0.15) is 0 Å². The van der Waals surface area contributed by atoms with Crippen LogP contribution in [0.5, 0.6) is 11.5 Å². The van der Waals surface area contributed by atoms with Crippen molar-refractivity contribution in [1.29, 1.82) is 0 Å². The van der Waals surface area contributed by atoms with Gasteiger partial charge in [-0.15, -0.1) is 0 Å². The van der Waals surface area contributed by atoms with E-state index in [4.69, 9.17) is 14.2 Å². The molecular weight excluding hydrogens is 506 g/mol. The molecule has 0 aromatic heterocycles. The predicted molar refractivity (Wildman–Crippen MR) is 154 cm³/mol. The molecule has 1 saturated heterocycles. The smallest absolute Gasteiger partial charge is 0.243 e. The van der Waals surface area contributed by atoms with Gasteiger partial charge in [-0.1, -0.05) is 66.7 Å². The zero-order valence-corrected chi connectivity index (χ0v) is 23.4. The first kappa shape index (κ1) is 29.1. The Kier molecular flexibility index (Phi) is 11.0. The summed E-state index contributed by atoms with van der Waals surface area (Å²) in [6.07, 6.45) is 0.536. The van der Waals surface area contributed by atoms with Crippen LogP contribution in [-0.2, 0) is 33.7 Å². The highest BCUT2D eigenvalue weighted by atomic mass is 16.5. The number of benzene rings is 3. The van der Waals surface area contributed by atoms with E-state index in [0.29, 0.717) is 44.2 Å². The Labute approximate surface area is 236 Å². The number of methoxy groups -OCH3 is 2. The normalized spacial score (nSPS) is 14.2. The van der Waals surface area contributed by atoms with Crippen molar-refractivity contribution in [3.05, 3.63) is 95.6 Å². The van der Waals surface area contributed by atoms with Gasteiger partial charge >= 0.3 is 0 Å². The second-order valence-electron chi connectivity index (χ2n) is 9.82. The fraction of sp³-hybridized carbons (Fsp3) is 0.375. The van der Waals surface area contributed by atoms with Crippen molar-refractivity contribution in [2.24, 2.45) is 0 Å². The average molecular weight is 546 g/mol. The number of carbonyl (C=O) groups excluding carboxylic acids is 2. The first-order valence-electron chi connectivity index (χ1n) is 13.7. The minimum atomic E-state index is -0.681. The van der Waals surface area contributed by atoms with Crippen LogP contribution in [0.15, 0.2) is 78.9 Å². The van der Waals surface area contributed by atoms with E-state index in [-0.39, 0.29) is 18.2 Å². The monoisotopic (exact) mass is 545 g/mol. The standard InChI is InChI=1S/C32H39N3O5/c1-38-29-14-13-27(22-30(29)39-2)23-31(36)35(24-26-11-7-4-8-12-26)28(21-25-9-5-3-6-10-25)32(37)33-15-16-34-17-19-40-20-18-34/h3-14,22,28H,15-21,23-24H2,1-2H3,(H,33,37). The minimum absolute atomic E-state index is 0.125. The van der Waals surface area contributed by atoms with Crippen LogP contribution in [0.2, 0.25) is 0 Å². The van der Waals surface area contributed by atoms with Gasteiger partial charge in [-0.3, -0.25) is 14.5 Å². The van der Waals surface area contributed by atoms with Crippen LogP contribution >= 0.6 is 0 Å². The van der Waals surface area contributed by atoms with Gasteiger partial charge in [-0.05, 0) is 28.8 Å². The van der Waals surface area contributed by atoms with Crippen LogP contribution in [0.3, 0.4) is 0 Å². The molecule has 0 spiro atoms. The number of hydrogen-bond acceptors (Lipinski definition) is 6. The predicted octanol–water partition coefficient (Wildman–Crippen LogP) is 3.33. The molecule has 0 saturated carbocycles. The topological polar surface area (TPSA) is 80.3 Å². The molecule has 1 fully saturated rings. The van der Waals surface area contributed by atoms with E-state index >= 15 is 0 Å². The first-order chi connectivity index (χ1) is 19.6. The molecular formula is C32H39N3O5. The fourth-order valence-electron chi connectivity index (χ4n) is 4.88. The van der Waals surface area contributed by atoms with Crippen LogP contribution in [0.25, 0.3) is 0 Å². The highest BCUT2D eigenvalue weighted by molar-refractivity contribution is 5.89. The van der Waals surface area contributed by atoms with Gasteiger partial charge in [0.1, 0.15) is 6.04 Å². The molecule has 0 aliphatic carbocycles. The lowest BCUT2D eigenvalue weighted by Gasteiger charge is -2.32. The third kappa shape index (κ3) is 8.31. The van der Waals surface area contributed by atoms with Gasteiger partial charge < -0.3 is 24.4 Å². The van der Waals surface area contributed by atoms with Gasteiger partial charge in [-0.25, -0.2) is 0 Å². The fourth-order valence-corrected chi connectivity index (χ4v) is 4.88. The summed E-state index contributed by atoms with van der Waals surface area (Å²) < 4.78 is 16.2. The van der Waals surface area contributed by atoms with Crippen molar-refractivity contribution in [2.75, 3.05) is 53.6 Å². The van der Waals surface area contributed by atoms with E-state index in [9.17, 15) is 9.59 Å². The summed E-state index contributed by atoms with van der Waals surface area (Å²) in [7, 11) is 3.15. The third-order valence-electron chi connectivity index (χ3n) is 7.10. The molecule has 212 valence electrons. The summed E-state index contributed by atoms with van der Waals surface area (Å²) in [6.45, 7) is 4.70. The number of nitrogens with zero attached hydrogens (tertiary/aromatic N) is 2. The van der Waals surface area contributed by atoms with E-state index in [1.807, 2.05) is 72.8 Å². The van der Waals surface area contributed by atoms with Gasteiger partial charge in [0, 0.05) is 39.1 Å². The SMILES string of the molecule is COc1ccc(CC(=O)N(Cc2ccccc2)C(Cc2ccccc2)C(=O)NCCN2CCOCC2)cc1OC. The van der Waals surface area contributed by atoms with E-state index < -0.39 is 6.04 Å². The summed E-state index contributed by atoms with van der Waals surface area (Å²) in [5.74, 6) is 0.861. The number of ether oxygens (including phenoxy) is 3. The van der Waals surface area contributed by atoms with Crippen LogP contribution < -0.4 is 14.8 Å². The quantitative estimate of drug-likeness (QED) is 0.355. The molecule has 0 bridgehead atoms. The molecule has 2 amide bonds. The van der Waals surface area contributed by atoms with E-state index in [2.05, 4.69) is 10.2 Å². The molecule has 1 aliphatic rings. The van der Waals surface area contributed by atoms with E-state index in [1.54, 1.807) is 25.2 Å². The Morgan fingerprint density at radius 3 is 2.17 bits per heavy atom. The van der Waals surface area contributed by atoms with Gasteiger partial charge in [0.15, 0.2) is 11.5 Å². The number of amides is 2. The minimum Gasteiger partial charge on any atom is -0.493 e. The summed E-state index contributed by atoms with van der Waals surface area (Å²) in [5, 5.41) is 3.12. The molecule has 40 heavy (non-hydrogen) atoms. The highest BCUT2D eigenvalue weighted by Crippen LogP contribution is 2.28. The number of carbonyl (C=O) groups is 2. The maximum Gasteiger partial charge on any atom is 0.243 e. The zero-order chi connectivity index (χ0) is 28.2. The molecule has 4 rings (SSSR count). The summed E-state index contributed by atoms with van der Waals surface area (Å²) in [4.78, 5) is 31.7. The Hall–Kier alpha value is -3.88. The summed E-state index contributed by atoms with van der Waals surface area (Å²) >= 11 is 0. The first-order valence-corrected chi connectivity index (χ1v) is 13.7. The molecule has 1 aliphatic heterocycles. The van der Waals surface area contributed by atoms with Gasteiger partial charge in [0.05, 0.1) is 33.9 Å². The van der Waals surface area contributed by atoms with Crippen molar-refractivity contribution in [1.82, 2.24) is 15.1 Å². The number of morpholine rings is 1. The van der Waals surface area contributed by atoms with Crippen molar-refractivity contribution in [3.63, 3.8) is 0 Å². The lowest BCUT2D eigenvalue weighted by Crippen LogP contribution is -2.52. The van der Waals surface area contributed by atoms with Crippen molar-refractivity contribution >= 4 is 11.8 Å². The molecule has 0 radical (unpaired) electrons. The van der Waals surface area contributed by atoms with E-state index in [0.717, 1.165) is 36.3 Å². The second kappa shape index (κ2) is 15.1. The second-order valence-corrected chi connectivity index (χ2v) is 9.82. The molecule has 1 heterocycles. The molecule has 3 aromatic rings. The zero-order valence-electron chi connectivity index (χ0n) is 23.4. The number of nitrogens with one attached hydrogen (secondary N) is 1. The van der Waals surface area contributed by atoms with Crippen LogP contribution in [-0.4, -0.2) is 81.3 Å². The molecule has 8 nitrogen and oxygen atoms in total. The Morgan fingerprint density at radius 2 is 1.52 bits per heavy atom. The number of rotatable bonds is 13. The lowest BCUT2D eigenvalue weighted by atomic mass is 10.0. The van der Waals surface area contributed by atoms with Crippen LogP contribution in [0.4, 0.5) is 0 Å². The average Bonchev–Trinajstić information content (AvgIpc) is 3.00. The Morgan fingerprint density at radius 1 is 0.875 bits per heavy atom. The highest BCUT2D eigenvalue weighted by Gasteiger charge is 2.30.